The molecule has 0 aliphatic carbocycles. The number of hydrogen-bond acceptors (Lipinski definition) is 0. The minimum Gasteiger partial charge on any atom is -0.358 e. The zero-order valence-corrected chi connectivity index (χ0v) is 6.88. The van der Waals surface area contributed by atoms with Crippen molar-refractivity contribution in [2.75, 3.05) is 0 Å². The Morgan fingerprint density at radius 1 is 1.00 bits per heavy atom. The average Bonchev–Trinajstić information content (AvgIpc) is 0. The van der Waals surface area contributed by atoms with E-state index in [2.05, 4.69) is 0 Å². The third-order valence-electron chi connectivity index (χ3n) is 0. The van der Waals surface area contributed by atoms with Gasteiger partial charge >= 0.3 is 0 Å². The zero-order chi connectivity index (χ0) is 0. The molecule has 0 amide bonds. The second kappa shape index (κ2) is 53.4. The van der Waals surface area contributed by atoms with Crippen LogP contribution in [-0.2, 0) is 56.1 Å². The van der Waals surface area contributed by atoms with E-state index < -0.39 is 0 Å². The van der Waals surface area contributed by atoms with Crippen molar-refractivity contribution in [1.29, 1.82) is 0 Å². The van der Waals surface area contributed by atoms with E-state index >= 15 is 0 Å². The van der Waals surface area contributed by atoms with Crippen molar-refractivity contribution in [3.05, 3.63) is 7.43 Å². The molecule has 0 nitrogen and oxygen atoms in total. The van der Waals surface area contributed by atoms with Gasteiger partial charge in [0.05, 0.1) is 0 Å². The van der Waals surface area contributed by atoms with Gasteiger partial charge in [-0.25, -0.2) is 0 Å². The van der Waals surface area contributed by atoms with Crippen molar-refractivity contribution in [3.63, 3.8) is 0 Å². The molecule has 0 aromatic heterocycles. The Balaban J connectivity index is 0. The molecule has 4 radical (unpaired) electrons. The van der Waals surface area contributed by atoms with Crippen molar-refractivity contribution in [2.45, 2.75) is 0 Å². The molecule has 0 rings (SSSR count). The quantitative estimate of drug-likeness (QED) is 0.351. The molecule has 6 heavy (non-hydrogen) atoms. The van der Waals surface area contributed by atoms with Crippen molar-refractivity contribution in [2.24, 2.45) is 0 Å². The molecule has 0 aliphatic heterocycles. The zero-order valence-electron chi connectivity index (χ0n) is 2.86. The Morgan fingerprint density at radius 3 is 1.00 bits per heavy atom. The summed E-state index contributed by atoms with van der Waals surface area (Å²) in [6.45, 7) is 0. The van der Waals surface area contributed by atoms with Crippen LogP contribution in [0, 0.1) is 7.43 Å². The van der Waals surface area contributed by atoms with Gasteiger partial charge in [-0.1, -0.05) is 0 Å². The molecule has 0 aliphatic rings. The Hall–Kier alpha value is 2.36. The molecular formula is CH6AlBCrMnTi-. The minimum atomic E-state index is 0. The topological polar surface area (TPSA) is 0 Å². The van der Waals surface area contributed by atoms with Gasteiger partial charge in [-0.15, -0.1) is 0 Å². The van der Waals surface area contributed by atoms with E-state index in [4.69, 9.17) is 0 Å². The molecule has 0 aromatic carbocycles. The Labute approximate surface area is 88.4 Å². The van der Waals surface area contributed by atoms with Crippen molar-refractivity contribution in [1.82, 2.24) is 0 Å². The second-order valence-corrected chi connectivity index (χ2v) is 0. The summed E-state index contributed by atoms with van der Waals surface area (Å²) in [7, 11) is 0. The van der Waals surface area contributed by atoms with Crippen molar-refractivity contribution >= 4 is 25.8 Å². The van der Waals surface area contributed by atoms with Crippen LogP contribution in [0.5, 0.6) is 0 Å². The van der Waals surface area contributed by atoms with Gasteiger partial charge in [0.15, 0.2) is 17.4 Å². The van der Waals surface area contributed by atoms with Crippen molar-refractivity contribution in [3.8, 4) is 0 Å². The minimum absolute atomic E-state index is 0. The Bertz CT molecular complexity index is 15.5. The molecule has 0 saturated heterocycles. The molecule has 0 bridgehead atoms. The third-order valence-corrected chi connectivity index (χ3v) is 0. The van der Waals surface area contributed by atoms with Crippen molar-refractivity contribution < 1.29 is 56.1 Å². The molecule has 0 N–H and O–H groups in total. The van der Waals surface area contributed by atoms with Crippen LogP contribution in [0.15, 0.2) is 0 Å². The van der Waals surface area contributed by atoms with Gasteiger partial charge in [0.2, 0.25) is 0 Å². The van der Waals surface area contributed by atoms with Gasteiger partial charge in [-0.05, 0) is 0 Å². The van der Waals surface area contributed by atoms with E-state index in [0.29, 0.717) is 0 Å². The van der Waals surface area contributed by atoms with E-state index in [1.165, 1.54) is 0 Å². The normalized spacial score (nSPS) is 0. The van der Waals surface area contributed by atoms with Gasteiger partial charge in [-0.2, -0.15) is 0 Å². The first-order chi connectivity index (χ1) is 0. The average molecular weight is 211 g/mol. The first kappa shape index (κ1) is 81.2. The summed E-state index contributed by atoms with van der Waals surface area (Å²) in [6, 6.07) is 0. The van der Waals surface area contributed by atoms with E-state index in [-0.39, 0.29) is 89.3 Å². The maximum Gasteiger partial charge on any atom is 0.187 e. The first-order valence-corrected chi connectivity index (χ1v) is 0. The van der Waals surface area contributed by atoms with E-state index in [1.807, 2.05) is 0 Å². The van der Waals surface area contributed by atoms with Gasteiger partial charge in [0.25, 0.3) is 0 Å². The van der Waals surface area contributed by atoms with Gasteiger partial charge in [-0.3, -0.25) is 0 Å². The Kier molecular flexibility index (Phi) is 722. The fraction of sp³-hybridized carbons (Fsp3) is 0. The smallest absolute Gasteiger partial charge is 0.187 e. The molecule has 0 atom stereocenters. The van der Waals surface area contributed by atoms with Gasteiger partial charge in [0, 0.05) is 64.6 Å². The van der Waals surface area contributed by atoms with Crippen LogP contribution in [-0.4, -0.2) is 25.8 Å². The summed E-state index contributed by atoms with van der Waals surface area (Å²) in [5.41, 5.74) is 0. The first-order valence-electron chi connectivity index (χ1n) is 0. The van der Waals surface area contributed by atoms with Crippen LogP contribution in [0.3, 0.4) is 0 Å². The summed E-state index contributed by atoms with van der Waals surface area (Å²) in [5.74, 6) is 0. The molecule has 0 fully saturated rings. The number of hydrogen-bond donors (Lipinski definition) is 0. The van der Waals surface area contributed by atoms with E-state index in [0.717, 1.165) is 0 Å². The van der Waals surface area contributed by atoms with Crippen LogP contribution in [0.2, 0.25) is 0 Å². The largest absolute Gasteiger partial charge is 0.358 e. The SMILES string of the molecule is [AlH3].[B].[CH3-].[Cr].[Mn].[Ti]. The fourth-order valence-corrected chi connectivity index (χ4v) is 0. The summed E-state index contributed by atoms with van der Waals surface area (Å²) in [6.07, 6.45) is 0. The molecule has 0 unspecified atom stereocenters. The van der Waals surface area contributed by atoms with Crippen LogP contribution in [0.1, 0.15) is 0 Å². The molecule has 0 spiro atoms. The van der Waals surface area contributed by atoms with Crippen LogP contribution in [0.4, 0.5) is 0 Å². The van der Waals surface area contributed by atoms with E-state index in [9.17, 15) is 0 Å². The molecule has 0 heterocycles. The second-order valence-electron chi connectivity index (χ2n) is 0. The summed E-state index contributed by atoms with van der Waals surface area (Å²) in [5, 5.41) is 0. The third kappa shape index (κ3) is 32.8. The predicted octanol–water partition coefficient (Wildman–Crippen LogP) is -1.12. The maximum absolute atomic E-state index is 0. The Morgan fingerprint density at radius 2 is 1.00 bits per heavy atom. The molecule has 5 heteroatoms. The predicted molar refractivity (Wildman–Crippen MR) is 22.1 cm³/mol. The fourth-order valence-electron chi connectivity index (χ4n) is 0. The van der Waals surface area contributed by atoms with E-state index in [1.54, 1.807) is 0 Å². The molecule has 0 saturated carbocycles. The van der Waals surface area contributed by atoms with Gasteiger partial charge in [0.1, 0.15) is 0 Å². The summed E-state index contributed by atoms with van der Waals surface area (Å²) in [4.78, 5) is 0. The molecule has 0 aromatic rings. The van der Waals surface area contributed by atoms with Crippen LogP contribution < -0.4 is 0 Å². The number of rotatable bonds is 0. The maximum atomic E-state index is 0. The van der Waals surface area contributed by atoms with Crippen LogP contribution in [0.25, 0.3) is 0 Å². The van der Waals surface area contributed by atoms with Gasteiger partial charge < -0.3 is 7.43 Å². The standard InChI is InChI=1S/CH3.Al.B.Cr.Mn.Ti.3H/h1H3;;;;;;;;/q-1;;;;;;;;. The summed E-state index contributed by atoms with van der Waals surface area (Å²) < 4.78 is 0. The van der Waals surface area contributed by atoms with Crippen LogP contribution >= 0.6 is 0 Å². The molecular weight excluding hydrogens is 205 g/mol. The summed E-state index contributed by atoms with van der Waals surface area (Å²) >= 11 is 0. The monoisotopic (exact) mass is 211 g/mol. The molecule has 34 valence electrons.